The van der Waals surface area contributed by atoms with E-state index in [0.717, 1.165) is 112 Å². The summed E-state index contributed by atoms with van der Waals surface area (Å²) in [7, 11) is 0. The molecule has 0 spiro atoms. The highest BCUT2D eigenvalue weighted by atomic mass is 16.9. The minimum absolute atomic E-state index is 0.00150. The fraction of sp³-hybridized carbons (Fsp3) is 0.733. The van der Waals surface area contributed by atoms with Crippen LogP contribution in [0.4, 0.5) is 5.82 Å². The zero-order valence-corrected chi connectivity index (χ0v) is 35.2. The third-order valence-electron chi connectivity index (χ3n) is 10.9. The molecule has 0 aliphatic heterocycles. The summed E-state index contributed by atoms with van der Waals surface area (Å²) in [4.78, 5) is 22.9. The molecule has 0 radical (unpaired) electrons. The Kier molecular flexibility index (Phi) is 24.9. The number of nitrogens with one attached hydrogen (secondary N) is 1. The van der Waals surface area contributed by atoms with Crippen molar-refractivity contribution in [2.24, 2.45) is 10.9 Å². The maximum Gasteiger partial charge on any atom is 0.306 e. The number of esters is 1. The number of hydrogen-bond donors (Lipinski definition) is 2. The number of nitrogens with zero attached hydrogens (tertiary/aromatic N) is 6. The van der Waals surface area contributed by atoms with Crippen molar-refractivity contribution in [3.05, 3.63) is 47.9 Å². The highest BCUT2D eigenvalue weighted by molar-refractivity contribution is 5.69. The van der Waals surface area contributed by atoms with Gasteiger partial charge in [0.05, 0.1) is 37.6 Å². The number of unbranched alkanes of at least 4 members (excludes halogenated alkanes) is 12. The van der Waals surface area contributed by atoms with Gasteiger partial charge >= 0.3 is 5.97 Å². The number of carbonyl (C=O) groups is 1. The molecule has 2 aromatic heterocycles. The molecule has 11 nitrogen and oxygen atoms in total. The van der Waals surface area contributed by atoms with E-state index in [4.69, 9.17) is 14.6 Å². The minimum Gasteiger partial charge on any atom is -0.462 e. The zero-order valence-electron chi connectivity index (χ0n) is 35.2. The van der Waals surface area contributed by atoms with Crippen LogP contribution in [0.5, 0.6) is 0 Å². The van der Waals surface area contributed by atoms with Gasteiger partial charge in [-0.15, -0.1) is 0 Å². The van der Waals surface area contributed by atoms with Gasteiger partial charge < -0.3 is 14.6 Å². The Morgan fingerprint density at radius 3 is 2.54 bits per heavy atom. The summed E-state index contributed by atoms with van der Waals surface area (Å²) >= 11 is 0. The van der Waals surface area contributed by atoms with Crippen LogP contribution in [0.1, 0.15) is 186 Å². The first kappa shape index (κ1) is 46.9. The maximum atomic E-state index is 12.5. The molecule has 56 heavy (non-hydrogen) atoms. The molecule has 0 bridgehead atoms. The van der Waals surface area contributed by atoms with Crippen LogP contribution < -0.4 is 5.32 Å². The molecule has 2 N–H and O–H groups in total. The van der Waals surface area contributed by atoms with Gasteiger partial charge in [-0.1, -0.05) is 108 Å². The normalized spacial score (nSPS) is 14.6. The van der Waals surface area contributed by atoms with Gasteiger partial charge in [0, 0.05) is 43.8 Å². The second-order valence-electron chi connectivity index (χ2n) is 15.7. The summed E-state index contributed by atoms with van der Waals surface area (Å²) in [5, 5.41) is 28.7. The summed E-state index contributed by atoms with van der Waals surface area (Å²) < 4.78 is 9.80. The first-order chi connectivity index (χ1) is 27.5. The van der Waals surface area contributed by atoms with Crippen LogP contribution in [-0.4, -0.2) is 56.3 Å². The molecule has 1 saturated carbocycles. The number of ether oxygens (including phenoxy) is 1. The highest BCUT2D eigenvalue weighted by Gasteiger charge is 2.27. The summed E-state index contributed by atoms with van der Waals surface area (Å²) in [5.41, 5.74) is 2.11. The van der Waals surface area contributed by atoms with Gasteiger partial charge in [0.1, 0.15) is 18.7 Å². The summed E-state index contributed by atoms with van der Waals surface area (Å²) in [6.45, 7) is 7.80. The van der Waals surface area contributed by atoms with Crippen LogP contribution in [0.2, 0.25) is 0 Å². The Balaban J connectivity index is 1.35. The Bertz CT molecular complexity index is 1410. The number of nitriles is 1. The average Bonchev–Trinajstić information content (AvgIpc) is 3.98. The average molecular weight is 778 g/mol. The van der Waals surface area contributed by atoms with E-state index in [9.17, 15) is 15.3 Å². The molecule has 2 heterocycles. The largest absolute Gasteiger partial charge is 0.462 e. The van der Waals surface area contributed by atoms with Gasteiger partial charge in [0.2, 0.25) is 0 Å². The molecule has 0 aromatic carbocycles. The number of hydroxylamine groups is 2. The Labute approximate surface area is 338 Å². The lowest BCUT2D eigenvalue weighted by Gasteiger charge is -2.21. The van der Waals surface area contributed by atoms with E-state index in [-0.39, 0.29) is 24.8 Å². The number of rotatable bonds is 33. The van der Waals surface area contributed by atoms with Gasteiger partial charge in [0.25, 0.3) is 0 Å². The SMILES string of the molecule is CCCCCCCC(=O)O[C@@H](C/C=C\CCCCCCCN(O)OCn1ccc(Cc2cnn([C@H](CC#N)C3CCCC3)c2)c1/N=C\NCC)CCCCCC. The van der Waals surface area contributed by atoms with Crippen LogP contribution in [-0.2, 0) is 27.5 Å². The van der Waals surface area contributed by atoms with E-state index in [2.05, 4.69) is 48.7 Å². The fourth-order valence-electron chi connectivity index (χ4n) is 7.63. The summed E-state index contributed by atoms with van der Waals surface area (Å²) in [6, 6.07) is 4.54. The molecule has 0 unspecified atom stereocenters. The van der Waals surface area contributed by atoms with Gasteiger partial charge in [0.15, 0.2) is 0 Å². The maximum absolute atomic E-state index is 12.5. The highest BCUT2D eigenvalue weighted by Crippen LogP contribution is 2.36. The van der Waals surface area contributed by atoms with Crippen molar-refractivity contribution in [1.82, 2.24) is 24.9 Å². The number of aliphatic imine (C=N–C) groups is 1. The molecule has 1 aliphatic rings. The molecule has 3 rings (SSSR count). The van der Waals surface area contributed by atoms with Crippen LogP contribution in [0.15, 0.2) is 41.8 Å². The van der Waals surface area contributed by atoms with Crippen LogP contribution in [0.3, 0.4) is 0 Å². The zero-order chi connectivity index (χ0) is 40.1. The molecule has 1 fully saturated rings. The molecule has 314 valence electrons. The second-order valence-corrected chi connectivity index (χ2v) is 15.7. The second kappa shape index (κ2) is 29.7. The molecule has 2 atom stereocenters. The molecule has 0 amide bonds. The smallest absolute Gasteiger partial charge is 0.306 e. The predicted octanol–water partition coefficient (Wildman–Crippen LogP) is 11.3. The van der Waals surface area contributed by atoms with Crippen molar-refractivity contribution < 1.29 is 19.6 Å². The molecular weight excluding hydrogens is 703 g/mol. The standard InChI is InChI=1S/C45H75N7O4/c1-4-7-9-15-20-28-44(53)56-42(26-18-10-8-5-2)27-19-16-13-11-12-14-17-23-32-52(54)55-38-50-33-30-41(45(50)48-37-47-6-3)34-39-35-49-51(36-39)43(29-31-46)40-24-21-22-25-40/h16,19,30,33,35-37,40,42-43,54H,4-15,17-18,20-29,32,34,38H2,1-3H3,(H,47,48)/b19-16-/t42-,43-/m1/s1. The Hall–Kier alpha value is -3.46. The van der Waals surface area contributed by atoms with Crippen molar-refractivity contribution in [1.29, 1.82) is 5.26 Å². The third kappa shape index (κ3) is 19.1. The molecular formula is C45H75N7O4. The first-order valence-corrected chi connectivity index (χ1v) is 22.3. The van der Waals surface area contributed by atoms with Crippen molar-refractivity contribution in [3.63, 3.8) is 0 Å². The lowest BCUT2D eigenvalue weighted by Crippen LogP contribution is -2.22. The van der Waals surface area contributed by atoms with Crippen LogP contribution >= 0.6 is 0 Å². The first-order valence-electron chi connectivity index (χ1n) is 22.3. The topological polar surface area (TPSA) is 130 Å². The van der Waals surface area contributed by atoms with Gasteiger partial charge in [-0.2, -0.15) is 10.4 Å². The summed E-state index contributed by atoms with van der Waals surface area (Å²) in [6.07, 6.45) is 37.1. The predicted molar refractivity (Wildman–Crippen MR) is 226 cm³/mol. The lowest BCUT2D eigenvalue weighted by atomic mass is 9.96. The molecule has 1 aliphatic carbocycles. The van der Waals surface area contributed by atoms with Gasteiger partial charge in [-0.3, -0.25) is 19.5 Å². The molecule has 0 saturated heterocycles. The van der Waals surface area contributed by atoms with E-state index in [0.29, 0.717) is 31.7 Å². The van der Waals surface area contributed by atoms with Crippen LogP contribution in [0.25, 0.3) is 0 Å². The molecule has 2 aromatic rings. The fourth-order valence-corrected chi connectivity index (χ4v) is 7.63. The van der Waals surface area contributed by atoms with Gasteiger partial charge in [-0.25, -0.2) is 4.99 Å². The van der Waals surface area contributed by atoms with Crippen LogP contribution in [0, 0.1) is 17.2 Å². The number of aromatic nitrogens is 3. The number of allylic oxidation sites excluding steroid dienone is 1. The Morgan fingerprint density at radius 2 is 1.77 bits per heavy atom. The minimum atomic E-state index is -0.0304. The van der Waals surface area contributed by atoms with Crippen molar-refractivity contribution in [2.45, 2.75) is 194 Å². The molecule has 11 heteroatoms. The van der Waals surface area contributed by atoms with E-state index < -0.39 is 0 Å². The van der Waals surface area contributed by atoms with E-state index >= 15 is 0 Å². The third-order valence-corrected chi connectivity index (χ3v) is 10.9. The van der Waals surface area contributed by atoms with E-state index in [1.165, 1.54) is 51.4 Å². The number of carbonyl (C=O) groups excluding carboxylic acids is 1. The van der Waals surface area contributed by atoms with E-state index in [1.807, 2.05) is 34.6 Å². The Morgan fingerprint density at radius 1 is 1.04 bits per heavy atom. The van der Waals surface area contributed by atoms with Gasteiger partial charge in [-0.05, 0) is 75.8 Å². The van der Waals surface area contributed by atoms with Crippen molar-refractivity contribution in [2.75, 3.05) is 13.1 Å². The quantitative estimate of drug-likeness (QED) is 0.0183. The van der Waals surface area contributed by atoms with Crippen molar-refractivity contribution >= 4 is 18.1 Å². The van der Waals surface area contributed by atoms with Crippen molar-refractivity contribution in [3.8, 4) is 6.07 Å². The monoisotopic (exact) mass is 778 g/mol. The lowest BCUT2D eigenvalue weighted by molar-refractivity contribution is -0.355. The summed E-state index contributed by atoms with van der Waals surface area (Å²) in [5.74, 6) is 1.25. The number of hydrogen-bond acceptors (Lipinski definition) is 8. The van der Waals surface area contributed by atoms with E-state index in [1.54, 1.807) is 6.34 Å².